The molecular formula is C35H58B3NO6Si. The molecule has 4 aliphatic heterocycles. The molecule has 0 spiro atoms. The molecule has 4 saturated heterocycles. The van der Waals surface area contributed by atoms with Gasteiger partial charge in [0.15, 0.2) is 0 Å². The maximum absolute atomic E-state index is 6.97. The number of fused-ring (bicyclic) bond motifs is 5. The number of pyridine rings is 1. The maximum atomic E-state index is 6.97. The van der Waals surface area contributed by atoms with E-state index < -0.39 is 62.8 Å². The van der Waals surface area contributed by atoms with Crippen molar-refractivity contribution >= 4 is 34.7 Å². The maximum Gasteiger partial charge on any atom is 0.496 e. The van der Waals surface area contributed by atoms with Crippen LogP contribution in [0.2, 0.25) is 18.1 Å². The van der Waals surface area contributed by atoms with E-state index in [0.717, 1.165) is 35.3 Å². The summed E-state index contributed by atoms with van der Waals surface area (Å²) in [5.41, 5.74) is 4.19. The highest BCUT2D eigenvalue weighted by Gasteiger charge is 2.72. The van der Waals surface area contributed by atoms with Crippen LogP contribution in [-0.2, 0) is 27.9 Å². The van der Waals surface area contributed by atoms with Crippen LogP contribution in [0.3, 0.4) is 0 Å². The van der Waals surface area contributed by atoms with E-state index in [-0.39, 0.29) is 16.9 Å². The molecule has 7 nitrogen and oxygen atoms in total. The quantitative estimate of drug-likeness (QED) is 0.268. The second-order valence-corrected chi connectivity index (χ2v) is 23.1. The van der Waals surface area contributed by atoms with Crippen molar-refractivity contribution in [2.75, 3.05) is 0 Å². The Morgan fingerprint density at radius 3 is 1.89 bits per heavy atom. The summed E-state index contributed by atoms with van der Waals surface area (Å²) in [6.45, 7) is 37.4. The largest absolute Gasteiger partial charge is 0.496 e. The van der Waals surface area contributed by atoms with Crippen molar-refractivity contribution < 1.29 is 27.9 Å². The minimum atomic E-state index is -1.75. The van der Waals surface area contributed by atoms with Gasteiger partial charge < -0.3 is 27.9 Å². The fourth-order valence-electron chi connectivity index (χ4n) is 7.80. The Balaban J connectivity index is 1.42. The van der Waals surface area contributed by atoms with Gasteiger partial charge in [-0.3, -0.25) is 0 Å². The second-order valence-electron chi connectivity index (χ2n) is 18.1. The van der Waals surface area contributed by atoms with E-state index in [2.05, 4.69) is 128 Å². The molecule has 11 heteroatoms. The fraction of sp³-hybridized carbons (Fsp3) is 0.800. The molecule has 0 aliphatic carbocycles. The van der Waals surface area contributed by atoms with Crippen molar-refractivity contribution in [1.82, 2.24) is 4.98 Å². The smallest absolute Gasteiger partial charge is 0.405 e. The van der Waals surface area contributed by atoms with Crippen LogP contribution in [-0.4, -0.2) is 67.8 Å². The number of nitrogens with zero attached hydrogens (tertiary/aromatic N) is 1. The molecule has 0 saturated carbocycles. The average Bonchev–Trinajstić information content (AvgIpc) is 3.39. The van der Waals surface area contributed by atoms with E-state index in [9.17, 15) is 0 Å². The van der Waals surface area contributed by atoms with Crippen molar-refractivity contribution in [2.24, 2.45) is 11.8 Å². The molecule has 0 N–H and O–H groups in total. The van der Waals surface area contributed by atoms with Gasteiger partial charge in [-0.1, -0.05) is 46.7 Å². The predicted octanol–water partition coefficient (Wildman–Crippen LogP) is 6.65. The number of aryl methyl sites for hydroxylation is 2. The minimum Gasteiger partial charge on any atom is -0.405 e. The minimum absolute atomic E-state index is 0.0959. The Morgan fingerprint density at radius 2 is 1.35 bits per heavy atom. The SMILES string of the molecule is Cc1cc(C#C[Si](C)(C)C(C)(C)C)nc(C)c1B1OC(C)(C)C(C)(CCC2C(C)C3(C)OB(OC3(C)C)B3OC(C)(C)C2(C)O3)O1. The monoisotopic (exact) mass is 649 g/mol. The topological polar surface area (TPSA) is 68.3 Å². The summed E-state index contributed by atoms with van der Waals surface area (Å²) < 4.78 is 40.2. The third kappa shape index (κ3) is 5.51. The molecule has 252 valence electrons. The van der Waals surface area contributed by atoms with Gasteiger partial charge in [0.25, 0.3) is 0 Å². The summed E-state index contributed by atoms with van der Waals surface area (Å²) in [7, 11) is -3.41. The predicted molar refractivity (Wildman–Crippen MR) is 191 cm³/mol. The molecule has 5 rings (SSSR count). The normalized spacial score (nSPS) is 34.8. The van der Waals surface area contributed by atoms with E-state index in [4.69, 9.17) is 32.9 Å². The number of hydrogen-bond donors (Lipinski definition) is 0. The van der Waals surface area contributed by atoms with Crippen molar-refractivity contribution in [1.29, 1.82) is 0 Å². The molecule has 4 aliphatic rings. The highest BCUT2D eigenvalue weighted by atomic mass is 28.3. The van der Waals surface area contributed by atoms with Crippen molar-refractivity contribution in [2.45, 2.75) is 168 Å². The summed E-state index contributed by atoms with van der Waals surface area (Å²) in [4.78, 5) is 4.93. The molecule has 5 unspecified atom stereocenters. The van der Waals surface area contributed by atoms with Gasteiger partial charge in [0.05, 0.1) is 33.6 Å². The van der Waals surface area contributed by atoms with Crippen LogP contribution in [0.15, 0.2) is 6.07 Å². The van der Waals surface area contributed by atoms with Crippen LogP contribution >= 0.6 is 0 Å². The lowest BCUT2D eigenvalue weighted by Crippen LogP contribution is -2.61. The zero-order valence-electron chi connectivity index (χ0n) is 31.8. The van der Waals surface area contributed by atoms with Crippen molar-refractivity contribution in [3.05, 3.63) is 23.0 Å². The first-order chi connectivity index (χ1) is 20.7. The first-order valence-electron chi connectivity index (χ1n) is 17.3. The van der Waals surface area contributed by atoms with E-state index in [1.165, 1.54) is 0 Å². The van der Waals surface area contributed by atoms with Gasteiger partial charge in [-0.25, -0.2) is 4.98 Å². The van der Waals surface area contributed by atoms with Gasteiger partial charge in [0, 0.05) is 11.2 Å². The Hall–Kier alpha value is -1.12. The lowest BCUT2D eigenvalue weighted by molar-refractivity contribution is -0.137. The summed E-state index contributed by atoms with van der Waals surface area (Å²) in [5, 5.41) is 0.194. The van der Waals surface area contributed by atoms with Gasteiger partial charge in [-0.05, 0) is 118 Å². The lowest BCUT2D eigenvalue weighted by Gasteiger charge is -2.52. The molecule has 4 fully saturated rings. The Bertz CT molecular complexity index is 1430. The molecule has 4 bridgehead atoms. The molecule has 0 aromatic carbocycles. The zero-order valence-corrected chi connectivity index (χ0v) is 32.8. The van der Waals surface area contributed by atoms with E-state index in [1.807, 2.05) is 6.92 Å². The molecule has 5 atom stereocenters. The molecule has 0 amide bonds. The van der Waals surface area contributed by atoms with Gasteiger partial charge in [0.1, 0.15) is 13.8 Å². The first-order valence-corrected chi connectivity index (χ1v) is 20.3. The van der Waals surface area contributed by atoms with Crippen molar-refractivity contribution in [3.8, 4) is 11.5 Å². The van der Waals surface area contributed by atoms with Crippen LogP contribution in [0.1, 0.15) is 120 Å². The lowest BCUT2D eigenvalue weighted by atomic mass is 9.48. The number of aromatic nitrogens is 1. The third-order valence-corrected chi connectivity index (χ3v) is 17.9. The number of hydrogen-bond acceptors (Lipinski definition) is 7. The molecule has 0 radical (unpaired) electrons. The van der Waals surface area contributed by atoms with Crippen molar-refractivity contribution in [3.63, 3.8) is 0 Å². The van der Waals surface area contributed by atoms with Crippen LogP contribution < -0.4 is 5.46 Å². The summed E-state index contributed by atoms with van der Waals surface area (Å²) >= 11 is 0. The summed E-state index contributed by atoms with van der Waals surface area (Å²) in [6.07, 6.45) is 1.61. The summed E-state index contributed by atoms with van der Waals surface area (Å²) in [5.74, 6) is 3.62. The number of rotatable bonds is 4. The Kier molecular flexibility index (Phi) is 8.60. The highest BCUT2D eigenvalue weighted by molar-refractivity contribution is 7.11. The standard InChI is InChI=1S/C35H58B3NO6Si/c1-23-22-26(19-21-46(16,17)29(4,5)6)39-25(3)28(23)36-40-30(7,8)33(13,43-36)20-18-27-24(2)34(14)31(9,10)41-37(44-34)38-42-32(11,12)35(27,15)45-38/h22,24,27H,18,20H2,1-17H3. The van der Waals surface area contributed by atoms with Crippen LogP contribution in [0.25, 0.3) is 0 Å². The van der Waals surface area contributed by atoms with Gasteiger partial charge in [-0.2, -0.15) is 0 Å². The van der Waals surface area contributed by atoms with Gasteiger partial charge in [0.2, 0.25) is 0 Å². The van der Waals surface area contributed by atoms with E-state index in [1.54, 1.807) is 0 Å². The van der Waals surface area contributed by atoms with Crippen LogP contribution in [0.5, 0.6) is 0 Å². The molecule has 5 heterocycles. The molecule has 1 aromatic rings. The fourth-order valence-corrected chi connectivity index (χ4v) is 8.62. The first kappa shape index (κ1) is 36.2. The molecule has 1 aromatic heterocycles. The Labute approximate surface area is 281 Å². The molecule has 46 heavy (non-hydrogen) atoms. The molecular weight excluding hydrogens is 591 g/mol. The Morgan fingerprint density at radius 1 is 0.804 bits per heavy atom. The summed E-state index contributed by atoms with van der Waals surface area (Å²) in [6, 6.07) is 2.09. The van der Waals surface area contributed by atoms with Crippen LogP contribution in [0.4, 0.5) is 0 Å². The van der Waals surface area contributed by atoms with Crippen LogP contribution in [0, 0.1) is 37.1 Å². The van der Waals surface area contributed by atoms with E-state index in [0.29, 0.717) is 0 Å². The second kappa shape index (κ2) is 10.9. The third-order valence-electron chi connectivity index (χ3n) is 13.4. The van der Waals surface area contributed by atoms with Gasteiger partial charge >= 0.3 is 21.1 Å². The average molecular weight is 649 g/mol. The van der Waals surface area contributed by atoms with Gasteiger partial charge in [-0.15, -0.1) is 5.54 Å². The zero-order chi connectivity index (χ0) is 34.7. The van der Waals surface area contributed by atoms with E-state index >= 15 is 0 Å². The highest BCUT2D eigenvalue weighted by Crippen LogP contribution is 2.57.